The fraction of sp³-hybridized carbons (Fsp3) is 0.188. The number of hydrogen-bond acceptors (Lipinski definition) is 9. The summed E-state index contributed by atoms with van der Waals surface area (Å²) in [5.41, 5.74) is 0.785. The Hall–Kier alpha value is -2.63. The first-order valence-electron chi connectivity index (χ1n) is 7.69. The molecule has 27 heavy (non-hydrogen) atoms. The second-order valence-electron chi connectivity index (χ2n) is 5.19. The standard InChI is InChI=1S/C16H13N3O5S3/c1-3-24-15(21)13-8(2)12-14(26-13)18-16(27-12)17-10(20)6-4-9-5-7-11(25-9)19(22)23/h4-7H,3H2,1-2H3,(H,17,18,20). The lowest BCUT2D eigenvalue weighted by Gasteiger charge is -1.99. The van der Waals surface area contributed by atoms with E-state index >= 15 is 0 Å². The molecular weight excluding hydrogens is 410 g/mol. The van der Waals surface area contributed by atoms with E-state index in [4.69, 9.17) is 4.74 Å². The van der Waals surface area contributed by atoms with Crippen LogP contribution in [0.15, 0.2) is 18.2 Å². The number of fused-ring (bicyclic) bond motifs is 1. The number of esters is 1. The molecule has 0 aliphatic rings. The van der Waals surface area contributed by atoms with Crippen LogP contribution in [0.25, 0.3) is 15.6 Å². The Kier molecular flexibility index (Phi) is 5.63. The second kappa shape index (κ2) is 7.94. The minimum atomic E-state index is -0.475. The van der Waals surface area contributed by atoms with E-state index in [0.717, 1.165) is 21.6 Å². The summed E-state index contributed by atoms with van der Waals surface area (Å²) in [5.74, 6) is -0.764. The topological polar surface area (TPSA) is 111 Å². The highest BCUT2D eigenvalue weighted by molar-refractivity contribution is 7.30. The maximum atomic E-state index is 12.0. The van der Waals surface area contributed by atoms with Gasteiger partial charge in [-0.05, 0) is 31.6 Å². The van der Waals surface area contributed by atoms with Gasteiger partial charge in [0.1, 0.15) is 9.71 Å². The van der Waals surface area contributed by atoms with Gasteiger partial charge >= 0.3 is 11.0 Å². The third-order valence-electron chi connectivity index (χ3n) is 3.36. The molecule has 3 aromatic rings. The van der Waals surface area contributed by atoms with Crippen LogP contribution in [-0.2, 0) is 9.53 Å². The highest BCUT2D eigenvalue weighted by Gasteiger charge is 2.20. The normalized spacial score (nSPS) is 11.2. The van der Waals surface area contributed by atoms with Crippen LogP contribution >= 0.6 is 34.0 Å². The Morgan fingerprint density at radius 3 is 2.74 bits per heavy atom. The van der Waals surface area contributed by atoms with Gasteiger partial charge in [0.2, 0.25) is 5.91 Å². The SMILES string of the molecule is CCOC(=O)c1sc2nc(NC(=O)C=Cc3ccc([N+](=O)[O-])s3)sc2c1C. The predicted octanol–water partition coefficient (Wildman–Crippen LogP) is 4.46. The molecule has 0 saturated heterocycles. The first-order chi connectivity index (χ1) is 12.9. The molecule has 1 amide bonds. The van der Waals surface area contributed by atoms with Crippen molar-refractivity contribution in [1.29, 1.82) is 0 Å². The van der Waals surface area contributed by atoms with Gasteiger partial charge in [-0.25, -0.2) is 9.78 Å². The lowest BCUT2D eigenvalue weighted by atomic mass is 10.3. The number of nitrogens with one attached hydrogen (secondary N) is 1. The average Bonchev–Trinajstić information content (AvgIpc) is 3.30. The predicted molar refractivity (Wildman–Crippen MR) is 107 cm³/mol. The zero-order valence-corrected chi connectivity index (χ0v) is 16.6. The zero-order chi connectivity index (χ0) is 19.6. The summed E-state index contributed by atoms with van der Waals surface area (Å²) in [4.78, 5) is 40.2. The Morgan fingerprint density at radius 1 is 1.33 bits per heavy atom. The van der Waals surface area contributed by atoms with Gasteiger partial charge in [0.25, 0.3) is 0 Å². The number of nitrogens with zero attached hydrogens (tertiary/aromatic N) is 2. The van der Waals surface area contributed by atoms with Crippen LogP contribution in [0.1, 0.15) is 27.0 Å². The summed E-state index contributed by atoms with van der Waals surface area (Å²) in [5, 5.41) is 13.8. The maximum absolute atomic E-state index is 12.0. The molecule has 1 N–H and O–H groups in total. The van der Waals surface area contributed by atoms with Crippen LogP contribution in [0.5, 0.6) is 0 Å². The number of aromatic nitrogens is 1. The molecule has 3 heterocycles. The smallest absolute Gasteiger partial charge is 0.348 e. The fourth-order valence-corrected chi connectivity index (χ4v) is 5.11. The molecule has 0 aliphatic heterocycles. The number of thiazole rings is 1. The molecule has 0 atom stereocenters. The monoisotopic (exact) mass is 423 g/mol. The van der Waals surface area contributed by atoms with Gasteiger partial charge in [-0.2, -0.15) is 0 Å². The first kappa shape index (κ1) is 19.1. The number of hydrogen-bond donors (Lipinski definition) is 1. The summed E-state index contributed by atoms with van der Waals surface area (Å²) in [7, 11) is 0. The van der Waals surface area contributed by atoms with Crippen LogP contribution in [0.2, 0.25) is 0 Å². The molecule has 140 valence electrons. The molecular formula is C16H13N3O5S3. The van der Waals surface area contributed by atoms with E-state index in [1.165, 1.54) is 40.9 Å². The van der Waals surface area contributed by atoms with E-state index in [9.17, 15) is 19.7 Å². The minimum absolute atomic E-state index is 0.0168. The Labute approximate surface area is 165 Å². The number of aryl methyl sites for hydroxylation is 1. The van der Waals surface area contributed by atoms with Crippen molar-refractivity contribution in [3.8, 4) is 0 Å². The van der Waals surface area contributed by atoms with Gasteiger partial charge in [-0.15, -0.1) is 11.3 Å². The van der Waals surface area contributed by atoms with E-state index < -0.39 is 10.8 Å². The quantitative estimate of drug-likeness (QED) is 0.271. The van der Waals surface area contributed by atoms with Crippen molar-refractivity contribution in [3.63, 3.8) is 0 Å². The molecule has 0 unspecified atom stereocenters. The third-order valence-corrected chi connectivity index (χ3v) is 6.75. The Bertz CT molecular complexity index is 1060. The van der Waals surface area contributed by atoms with Crippen molar-refractivity contribution in [2.24, 2.45) is 0 Å². The molecule has 0 radical (unpaired) electrons. The molecule has 3 aromatic heterocycles. The summed E-state index contributed by atoms with van der Waals surface area (Å²) in [6, 6.07) is 2.97. The molecule has 3 rings (SSSR count). The van der Waals surface area contributed by atoms with Crippen LogP contribution in [0, 0.1) is 17.0 Å². The van der Waals surface area contributed by atoms with Crippen molar-refractivity contribution < 1.29 is 19.2 Å². The van der Waals surface area contributed by atoms with Crippen molar-refractivity contribution in [1.82, 2.24) is 4.98 Å². The molecule has 0 spiro atoms. The Morgan fingerprint density at radius 2 is 2.11 bits per heavy atom. The highest BCUT2D eigenvalue weighted by Crippen LogP contribution is 2.37. The Balaban J connectivity index is 1.70. The number of carbonyl (C=O) groups excluding carboxylic acids is 2. The lowest BCUT2D eigenvalue weighted by molar-refractivity contribution is -0.380. The number of anilines is 1. The van der Waals surface area contributed by atoms with Crippen molar-refractivity contribution in [2.45, 2.75) is 13.8 Å². The third kappa shape index (κ3) is 4.21. The second-order valence-corrected chi connectivity index (χ2v) is 8.28. The summed E-state index contributed by atoms with van der Waals surface area (Å²) < 4.78 is 5.85. The van der Waals surface area contributed by atoms with Gasteiger partial charge in [-0.1, -0.05) is 22.7 Å². The molecule has 8 nitrogen and oxygen atoms in total. The van der Waals surface area contributed by atoms with Crippen molar-refractivity contribution >= 4 is 71.6 Å². The number of ether oxygens (including phenoxy) is 1. The molecule has 0 aliphatic carbocycles. The highest BCUT2D eigenvalue weighted by atomic mass is 32.1. The average molecular weight is 423 g/mol. The zero-order valence-electron chi connectivity index (χ0n) is 14.2. The van der Waals surface area contributed by atoms with E-state index in [-0.39, 0.29) is 11.0 Å². The van der Waals surface area contributed by atoms with Gasteiger partial charge in [0.15, 0.2) is 5.13 Å². The fourth-order valence-electron chi connectivity index (χ4n) is 2.17. The van der Waals surface area contributed by atoms with Gasteiger partial charge in [0.05, 0.1) is 16.2 Å². The number of amides is 1. The van der Waals surface area contributed by atoms with Crippen LogP contribution in [0.4, 0.5) is 10.1 Å². The number of thiophene rings is 2. The van der Waals surface area contributed by atoms with Crippen molar-refractivity contribution in [2.75, 3.05) is 11.9 Å². The molecule has 11 heteroatoms. The molecule has 0 bridgehead atoms. The summed E-state index contributed by atoms with van der Waals surface area (Å²) in [6.45, 7) is 3.87. The minimum Gasteiger partial charge on any atom is -0.462 e. The van der Waals surface area contributed by atoms with E-state index in [1.54, 1.807) is 13.0 Å². The maximum Gasteiger partial charge on any atom is 0.348 e. The van der Waals surface area contributed by atoms with Crippen LogP contribution in [0.3, 0.4) is 0 Å². The number of rotatable bonds is 6. The molecule has 0 fully saturated rings. The largest absolute Gasteiger partial charge is 0.462 e. The summed E-state index contributed by atoms with van der Waals surface area (Å²) >= 11 is 3.49. The summed E-state index contributed by atoms with van der Waals surface area (Å²) in [6.07, 6.45) is 2.80. The number of carbonyl (C=O) groups is 2. The van der Waals surface area contributed by atoms with E-state index in [1.807, 2.05) is 6.92 Å². The molecule has 0 aromatic carbocycles. The van der Waals surface area contributed by atoms with Crippen LogP contribution in [-0.4, -0.2) is 28.4 Å². The van der Waals surface area contributed by atoms with E-state index in [0.29, 0.717) is 26.3 Å². The van der Waals surface area contributed by atoms with Gasteiger partial charge < -0.3 is 4.74 Å². The van der Waals surface area contributed by atoms with Gasteiger partial charge in [0, 0.05) is 17.0 Å². The van der Waals surface area contributed by atoms with Gasteiger partial charge in [-0.3, -0.25) is 20.2 Å². The number of nitro groups is 1. The van der Waals surface area contributed by atoms with E-state index in [2.05, 4.69) is 10.3 Å². The van der Waals surface area contributed by atoms with Crippen LogP contribution < -0.4 is 5.32 Å². The molecule has 0 saturated carbocycles. The lowest BCUT2D eigenvalue weighted by Crippen LogP contribution is -2.07. The first-order valence-corrected chi connectivity index (χ1v) is 10.1. The van der Waals surface area contributed by atoms with Crippen molar-refractivity contribution in [3.05, 3.63) is 43.6 Å².